The summed E-state index contributed by atoms with van der Waals surface area (Å²) in [6.07, 6.45) is 0.556. The lowest BCUT2D eigenvalue weighted by atomic mass is 10.0. The lowest BCUT2D eigenvalue weighted by Crippen LogP contribution is -2.47. The minimum Gasteiger partial charge on any atom is -0.329 e. The third kappa shape index (κ3) is 4.51. The summed E-state index contributed by atoms with van der Waals surface area (Å²) >= 11 is 6.16. The zero-order chi connectivity index (χ0) is 25.7. The number of nitrogens with zero attached hydrogens (tertiary/aromatic N) is 2. The number of hydrogen-bond acceptors (Lipinski definition) is 3. The van der Waals surface area contributed by atoms with Crippen LogP contribution in [0.1, 0.15) is 65.0 Å². The topological polar surface area (TPSA) is 57.7 Å². The van der Waals surface area contributed by atoms with Crippen LogP contribution in [-0.4, -0.2) is 35.2 Å². The van der Waals surface area contributed by atoms with Crippen LogP contribution in [0, 0.1) is 16.7 Å². The quantitative estimate of drug-likeness (QED) is 0.454. The Hall–Kier alpha value is -2.66. The van der Waals surface area contributed by atoms with Crippen molar-refractivity contribution in [1.82, 2.24) is 4.90 Å². The molecule has 1 unspecified atom stereocenters. The number of anilines is 1. The third-order valence-corrected chi connectivity index (χ3v) is 8.63. The van der Waals surface area contributed by atoms with Crippen molar-refractivity contribution >= 4 is 35.0 Å². The molecule has 2 aliphatic rings. The van der Waals surface area contributed by atoms with Gasteiger partial charge in [-0.1, -0.05) is 77.4 Å². The summed E-state index contributed by atoms with van der Waals surface area (Å²) in [5, 5.41) is 0.632. The molecule has 2 aromatic carbocycles. The van der Waals surface area contributed by atoms with Crippen LogP contribution in [0.2, 0.25) is 5.02 Å². The zero-order valence-electron chi connectivity index (χ0n) is 21.5. The average molecular weight is 495 g/mol. The molecule has 1 heterocycles. The van der Waals surface area contributed by atoms with Crippen molar-refractivity contribution < 1.29 is 14.4 Å². The lowest BCUT2D eigenvalue weighted by Gasteiger charge is -2.29. The summed E-state index contributed by atoms with van der Waals surface area (Å²) in [5.41, 5.74) is 2.34. The maximum Gasteiger partial charge on any atom is 0.257 e. The Balaban J connectivity index is 1.61. The van der Waals surface area contributed by atoms with Crippen LogP contribution in [0.3, 0.4) is 0 Å². The number of hydrogen-bond donors (Lipinski definition) is 0. The summed E-state index contributed by atoms with van der Waals surface area (Å²) in [6, 6.07) is 14.3. The molecular formula is C29H35ClN2O3. The van der Waals surface area contributed by atoms with Gasteiger partial charge in [0.05, 0.1) is 12.1 Å². The Labute approximate surface area is 213 Å². The zero-order valence-corrected chi connectivity index (χ0v) is 22.2. The Morgan fingerprint density at radius 2 is 1.69 bits per heavy atom. The van der Waals surface area contributed by atoms with Crippen molar-refractivity contribution in [3.05, 3.63) is 64.7 Å². The molecule has 1 atom stereocenters. The Kier molecular flexibility index (Phi) is 6.60. The van der Waals surface area contributed by atoms with Gasteiger partial charge in [0, 0.05) is 17.5 Å². The molecule has 0 N–H and O–H groups in total. The molecule has 1 saturated heterocycles. The van der Waals surface area contributed by atoms with Crippen molar-refractivity contribution in [2.45, 2.75) is 66.3 Å². The first-order chi connectivity index (χ1) is 16.4. The predicted octanol–water partition coefficient (Wildman–Crippen LogP) is 5.85. The molecule has 4 rings (SSSR count). The molecule has 0 radical (unpaired) electrons. The van der Waals surface area contributed by atoms with Gasteiger partial charge in [0.25, 0.3) is 5.91 Å². The molecule has 6 heteroatoms. The summed E-state index contributed by atoms with van der Waals surface area (Å²) in [5.74, 6) is -0.497. The molecule has 2 fully saturated rings. The van der Waals surface area contributed by atoms with Crippen LogP contribution in [0.15, 0.2) is 48.5 Å². The highest BCUT2D eigenvalue weighted by molar-refractivity contribution is 6.30. The van der Waals surface area contributed by atoms with E-state index in [9.17, 15) is 14.4 Å². The largest absolute Gasteiger partial charge is 0.329 e. The van der Waals surface area contributed by atoms with E-state index in [0.717, 1.165) is 11.1 Å². The van der Waals surface area contributed by atoms with Crippen LogP contribution >= 0.6 is 11.6 Å². The molecule has 35 heavy (non-hydrogen) atoms. The average Bonchev–Trinajstić information content (AvgIpc) is 3.02. The van der Waals surface area contributed by atoms with Gasteiger partial charge in [-0.25, -0.2) is 4.90 Å². The monoisotopic (exact) mass is 494 g/mol. The van der Waals surface area contributed by atoms with Gasteiger partial charge in [-0.2, -0.15) is 0 Å². The summed E-state index contributed by atoms with van der Waals surface area (Å²) in [4.78, 5) is 43.4. The van der Waals surface area contributed by atoms with Crippen molar-refractivity contribution in [3.8, 4) is 0 Å². The Morgan fingerprint density at radius 1 is 1.06 bits per heavy atom. The number of benzene rings is 2. The summed E-state index contributed by atoms with van der Waals surface area (Å²) < 4.78 is 0. The highest BCUT2D eigenvalue weighted by Gasteiger charge is 2.69. The molecule has 2 aromatic rings. The number of rotatable bonds is 7. The van der Waals surface area contributed by atoms with Gasteiger partial charge in [-0.3, -0.25) is 14.4 Å². The third-order valence-electron chi connectivity index (χ3n) is 8.40. The number of carbonyl (C=O) groups is 3. The second-order valence-corrected chi connectivity index (χ2v) is 11.8. The molecule has 0 aromatic heterocycles. The van der Waals surface area contributed by atoms with Crippen molar-refractivity contribution in [2.24, 2.45) is 16.7 Å². The first-order valence-electron chi connectivity index (χ1n) is 12.4. The van der Waals surface area contributed by atoms with E-state index in [2.05, 4.69) is 41.5 Å². The Bertz CT molecular complexity index is 1140. The number of carbonyl (C=O) groups excluding carboxylic acids is 3. The lowest BCUT2D eigenvalue weighted by molar-refractivity contribution is -0.140. The molecule has 0 bridgehead atoms. The van der Waals surface area contributed by atoms with Gasteiger partial charge in [0.2, 0.25) is 11.8 Å². The van der Waals surface area contributed by atoms with E-state index in [-0.39, 0.29) is 40.9 Å². The van der Waals surface area contributed by atoms with E-state index < -0.39 is 6.04 Å². The van der Waals surface area contributed by atoms with Crippen LogP contribution in [0.4, 0.5) is 5.69 Å². The fourth-order valence-corrected chi connectivity index (χ4v) is 5.69. The van der Waals surface area contributed by atoms with E-state index >= 15 is 0 Å². The molecule has 1 saturated carbocycles. The fraction of sp³-hybridized carbons (Fsp3) is 0.483. The fourth-order valence-electron chi connectivity index (χ4n) is 5.48. The maximum atomic E-state index is 13.8. The molecule has 1 aliphatic heterocycles. The van der Waals surface area contributed by atoms with Gasteiger partial charge in [0.1, 0.15) is 6.04 Å². The molecule has 186 valence electrons. The molecule has 3 amide bonds. The summed E-state index contributed by atoms with van der Waals surface area (Å²) in [6.45, 7) is 12.9. The van der Waals surface area contributed by atoms with E-state index in [1.54, 1.807) is 4.90 Å². The highest BCUT2D eigenvalue weighted by atomic mass is 35.5. The summed E-state index contributed by atoms with van der Waals surface area (Å²) in [7, 11) is 0. The van der Waals surface area contributed by atoms with Crippen molar-refractivity contribution in [1.29, 1.82) is 0 Å². The standard InChI is InChI=1S/C29H35ClN2O3/c1-18(2)20-10-12-22(13-11-20)32-24(33)17-23(26(32)34)31(15-14-19-8-7-9-21(30)16-19)27(35)25-28(3,4)29(25,5)6/h7-13,16,18,23,25H,14-15,17H2,1-6H3. The van der Waals surface area contributed by atoms with Gasteiger partial charge in [-0.15, -0.1) is 0 Å². The van der Waals surface area contributed by atoms with Gasteiger partial charge in [-0.05, 0) is 58.6 Å². The molecule has 0 spiro atoms. The minimum absolute atomic E-state index is 0.000369. The van der Waals surface area contributed by atoms with Gasteiger partial charge < -0.3 is 4.90 Å². The van der Waals surface area contributed by atoms with Crippen molar-refractivity contribution in [3.63, 3.8) is 0 Å². The van der Waals surface area contributed by atoms with Crippen LogP contribution < -0.4 is 4.90 Å². The normalized spacial score (nSPS) is 21.0. The number of amides is 3. The van der Waals surface area contributed by atoms with E-state index in [1.165, 1.54) is 4.90 Å². The first-order valence-corrected chi connectivity index (χ1v) is 12.8. The van der Waals surface area contributed by atoms with Crippen LogP contribution in [0.25, 0.3) is 0 Å². The number of halogens is 1. The molecule has 1 aliphatic carbocycles. The van der Waals surface area contributed by atoms with E-state index in [1.807, 2.05) is 48.5 Å². The second kappa shape index (κ2) is 9.09. The highest BCUT2D eigenvalue weighted by Crippen LogP contribution is 2.69. The minimum atomic E-state index is -0.800. The van der Waals surface area contributed by atoms with Crippen molar-refractivity contribution in [2.75, 3.05) is 11.4 Å². The maximum absolute atomic E-state index is 13.8. The SMILES string of the molecule is CC(C)c1ccc(N2C(=O)CC(N(CCc3cccc(Cl)c3)C(=O)C3C(C)(C)C3(C)C)C2=O)cc1. The second-order valence-electron chi connectivity index (χ2n) is 11.3. The molecule has 5 nitrogen and oxygen atoms in total. The number of imide groups is 1. The van der Waals surface area contributed by atoms with Crippen LogP contribution in [-0.2, 0) is 20.8 Å². The van der Waals surface area contributed by atoms with Gasteiger partial charge in [0.15, 0.2) is 0 Å². The van der Waals surface area contributed by atoms with Crippen LogP contribution in [0.5, 0.6) is 0 Å². The van der Waals surface area contributed by atoms with E-state index in [4.69, 9.17) is 11.6 Å². The predicted molar refractivity (Wildman–Crippen MR) is 139 cm³/mol. The first kappa shape index (κ1) is 25.4. The van der Waals surface area contributed by atoms with E-state index in [0.29, 0.717) is 29.6 Å². The molecular weight excluding hydrogens is 460 g/mol. The smallest absolute Gasteiger partial charge is 0.257 e. The van der Waals surface area contributed by atoms with Gasteiger partial charge >= 0.3 is 0 Å². The Morgan fingerprint density at radius 3 is 2.23 bits per heavy atom.